The van der Waals surface area contributed by atoms with Gasteiger partial charge in [0.2, 0.25) is 5.91 Å². The van der Waals surface area contributed by atoms with Crippen molar-refractivity contribution >= 4 is 41.4 Å². The van der Waals surface area contributed by atoms with Crippen LogP contribution in [0.1, 0.15) is 157 Å². The first-order valence-corrected chi connectivity index (χ1v) is 26.2. The third kappa shape index (κ3) is 24.5. The predicted octanol–water partition coefficient (Wildman–Crippen LogP) is 9.31. The summed E-state index contributed by atoms with van der Waals surface area (Å²) < 4.78 is 40.1. The van der Waals surface area contributed by atoms with Gasteiger partial charge in [0, 0.05) is 89.8 Å². The van der Waals surface area contributed by atoms with Crippen molar-refractivity contribution in [1.29, 1.82) is 0 Å². The smallest absolute Gasteiger partial charge is 0.356 e. The van der Waals surface area contributed by atoms with E-state index in [9.17, 15) is 46.7 Å². The summed E-state index contributed by atoms with van der Waals surface area (Å²) in [5.41, 5.74) is -0.0334. The number of aryl methyl sites for hydroxylation is 1. The molecule has 71 heavy (non-hydrogen) atoms. The van der Waals surface area contributed by atoms with Gasteiger partial charge in [0.1, 0.15) is 17.3 Å². The highest BCUT2D eigenvalue weighted by atomic mass is 19.4. The topological polar surface area (TPSA) is 204 Å². The Balaban J connectivity index is 1.84. The second-order valence-corrected chi connectivity index (χ2v) is 22.0. The summed E-state index contributed by atoms with van der Waals surface area (Å²) in [7, 11) is 1.55. The maximum absolute atomic E-state index is 13.5. The Morgan fingerprint density at radius 1 is 0.634 bits per heavy atom. The van der Waals surface area contributed by atoms with E-state index in [0.717, 1.165) is 25.0 Å². The zero-order valence-corrected chi connectivity index (χ0v) is 45.0. The lowest BCUT2D eigenvalue weighted by Crippen LogP contribution is -2.46. The summed E-state index contributed by atoms with van der Waals surface area (Å²) in [6, 6.07) is 2.15. The molecule has 7 amide bonds. The summed E-state index contributed by atoms with van der Waals surface area (Å²) in [5, 5.41) is 20.3. The molecule has 0 bridgehead atoms. The van der Waals surface area contributed by atoms with Crippen LogP contribution >= 0.6 is 0 Å². The molecule has 3 unspecified atom stereocenters. The number of nitrogens with one attached hydrogen (secondary N) is 7. The molecule has 1 aromatic rings. The molecule has 0 radical (unpaired) electrons. The van der Waals surface area contributed by atoms with Gasteiger partial charge >= 0.3 is 24.3 Å². The Morgan fingerprint density at radius 2 is 1.18 bits per heavy atom. The number of halogens is 3. The van der Waals surface area contributed by atoms with Crippen molar-refractivity contribution in [3.05, 3.63) is 34.9 Å². The first kappa shape index (κ1) is 62.4. The molecule has 0 aromatic heterocycles. The second kappa shape index (κ2) is 31.0. The van der Waals surface area contributed by atoms with Crippen LogP contribution < -0.4 is 37.2 Å². The van der Waals surface area contributed by atoms with Crippen LogP contribution in [-0.2, 0) is 31.8 Å². The van der Waals surface area contributed by atoms with Crippen LogP contribution in [0, 0.1) is 66.1 Å². The van der Waals surface area contributed by atoms with Crippen LogP contribution in [0.5, 0.6) is 0 Å². The summed E-state index contributed by atoms with van der Waals surface area (Å²) in [6.45, 7) is 23.0. The third-order valence-electron chi connectivity index (χ3n) is 14.4. The lowest BCUT2D eigenvalue weighted by atomic mass is 9.81. The zero-order valence-electron chi connectivity index (χ0n) is 45.0. The van der Waals surface area contributed by atoms with Crippen molar-refractivity contribution < 1.29 is 46.7 Å². The van der Waals surface area contributed by atoms with Gasteiger partial charge in [0.05, 0.1) is 5.56 Å². The number of alkyl halides is 3. The van der Waals surface area contributed by atoms with E-state index < -0.39 is 11.7 Å². The first-order valence-electron chi connectivity index (χ1n) is 26.2. The molecule has 14 nitrogen and oxygen atoms in total. The van der Waals surface area contributed by atoms with Crippen molar-refractivity contribution in [2.45, 2.75) is 171 Å². The van der Waals surface area contributed by atoms with Gasteiger partial charge < -0.3 is 37.2 Å². The van der Waals surface area contributed by atoms with E-state index in [-0.39, 0.29) is 139 Å². The Bertz CT molecular complexity index is 1870. The molecule has 17 heteroatoms. The van der Waals surface area contributed by atoms with Crippen LogP contribution in [0.3, 0.4) is 0 Å². The SMILES string of the molecule is CNC(=O)NC[C@H](CC(=O)CC[C@@H](C)NC(=O)NC[C@H](CC(=O)CC[C@@H](CC(C)C)NC(=O)NCC1CCCC1C(=O)NC[C@@H](CC(=O)Cc1cc(C)cc(C(F)(F)F)c1)C(C)C)C(C)C)C(C)C(C)C. The number of carbonyl (C=O) groups is 7. The molecule has 8 atom stereocenters. The molecule has 1 aromatic carbocycles. The van der Waals surface area contributed by atoms with Crippen molar-refractivity contribution in [3.8, 4) is 0 Å². The number of urea groups is 3. The molecule has 0 aliphatic heterocycles. The molecular weight excluding hydrogens is 916 g/mol. The second-order valence-electron chi connectivity index (χ2n) is 22.0. The fraction of sp³-hybridized carbons (Fsp3) is 0.759. The van der Waals surface area contributed by atoms with Crippen molar-refractivity contribution in [3.63, 3.8) is 0 Å². The average Bonchev–Trinajstić information content (AvgIpc) is 3.75. The summed E-state index contributed by atoms with van der Waals surface area (Å²) in [4.78, 5) is 90.8. The number of hydrogen-bond acceptors (Lipinski definition) is 7. The first-order chi connectivity index (χ1) is 33.2. The molecule has 0 spiro atoms. The average molecular weight is 1010 g/mol. The van der Waals surface area contributed by atoms with Crippen LogP contribution in [0.15, 0.2) is 18.2 Å². The van der Waals surface area contributed by atoms with Gasteiger partial charge in [-0.15, -0.1) is 0 Å². The third-order valence-corrected chi connectivity index (χ3v) is 14.4. The molecule has 7 N–H and O–H groups in total. The van der Waals surface area contributed by atoms with Crippen LogP contribution in [0.2, 0.25) is 0 Å². The highest BCUT2D eigenvalue weighted by molar-refractivity contribution is 5.82. The number of rotatable bonds is 31. The monoisotopic (exact) mass is 1010 g/mol. The quantitative estimate of drug-likeness (QED) is 0.0384. The minimum absolute atomic E-state index is 0.000748. The molecule has 1 fully saturated rings. The normalized spacial score (nSPS) is 17.5. The van der Waals surface area contributed by atoms with Gasteiger partial charge in [-0.05, 0) is 117 Å². The molecule has 1 aliphatic rings. The van der Waals surface area contributed by atoms with E-state index in [4.69, 9.17) is 0 Å². The molecular formula is C54H90F3N7O7. The number of amides is 7. The fourth-order valence-corrected chi connectivity index (χ4v) is 9.45. The minimum Gasteiger partial charge on any atom is -0.356 e. The number of carbonyl (C=O) groups excluding carboxylic acids is 7. The zero-order chi connectivity index (χ0) is 53.6. The number of Topliss-reactive ketones (excluding diaryl/α,β-unsaturated/α-hetero) is 3. The van der Waals surface area contributed by atoms with Gasteiger partial charge in [0.15, 0.2) is 0 Å². The van der Waals surface area contributed by atoms with E-state index in [0.29, 0.717) is 75.2 Å². The molecule has 1 saturated carbocycles. The van der Waals surface area contributed by atoms with E-state index in [1.54, 1.807) is 20.0 Å². The van der Waals surface area contributed by atoms with Gasteiger partial charge in [-0.25, -0.2) is 14.4 Å². The lowest BCUT2D eigenvalue weighted by molar-refractivity contribution is -0.137. The minimum atomic E-state index is -4.51. The maximum Gasteiger partial charge on any atom is 0.416 e. The number of ketones is 3. The van der Waals surface area contributed by atoms with E-state index in [2.05, 4.69) is 71.8 Å². The Morgan fingerprint density at radius 3 is 1.76 bits per heavy atom. The predicted molar refractivity (Wildman–Crippen MR) is 273 cm³/mol. The molecule has 0 heterocycles. The Kier molecular flexibility index (Phi) is 27.3. The highest BCUT2D eigenvalue weighted by Crippen LogP contribution is 2.33. The number of hydrogen-bond donors (Lipinski definition) is 7. The van der Waals surface area contributed by atoms with Crippen LogP contribution in [0.4, 0.5) is 27.6 Å². The van der Waals surface area contributed by atoms with Gasteiger partial charge in [-0.3, -0.25) is 19.2 Å². The van der Waals surface area contributed by atoms with Crippen molar-refractivity contribution in [2.24, 2.45) is 59.2 Å². The van der Waals surface area contributed by atoms with E-state index in [1.165, 1.54) is 0 Å². The Labute approximate surface area is 422 Å². The number of benzene rings is 1. The van der Waals surface area contributed by atoms with Gasteiger partial charge in [-0.2, -0.15) is 13.2 Å². The van der Waals surface area contributed by atoms with Crippen molar-refractivity contribution in [2.75, 3.05) is 33.2 Å². The highest BCUT2D eigenvalue weighted by Gasteiger charge is 2.35. The lowest BCUT2D eigenvalue weighted by Gasteiger charge is -2.27. The largest absolute Gasteiger partial charge is 0.416 e. The molecule has 2 rings (SSSR count). The van der Waals surface area contributed by atoms with Gasteiger partial charge in [0.25, 0.3) is 0 Å². The van der Waals surface area contributed by atoms with Crippen LogP contribution in [-0.4, -0.2) is 86.7 Å². The fourth-order valence-electron chi connectivity index (χ4n) is 9.45. The summed E-state index contributed by atoms with van der Waals surface area (Å²) in [6.07, 6.45) is 0.511. The molecule has 1 aliphatic carbocycles. The van der Waals surface area contributed by atoms with Gasteiger partial charge in [-0.1, -0.05) is 80.4 Å². The maximum atomic E-state index is 13.5. The standard InChI is InChI=1S/C54H90F3N7O7/c1-32(2)20-45(17-19-47(66)25-41(34(5)6)30-62-52(70)63-37(10)16-18-46(65)27-43(38(11)33(3)4)31-60-51(69)58-12)64-53(71)61-28-40-14-13-15-49(40)50(68)59-29-42(35(7)8)26-48(67)24-39-21-36(9)22-44(23-39)54(55,56)57/h21-23,32-35,37-38,40-43,45,49H,13-20,24-31H2,1-12H3,(H,59,68)(H2,58,60,69)(H2,61,64,71)(H2,62,63,70)/t37-,38?,40?,41+,42-,43+,45+,49?/m1/s1. The van der Waals surface area contributed by atoms with E-state index >= 15 is 0 Å². The Hall–Kier alpha value is -4.70. The summed E-state index contributed by atoms with van der Waals surface area (Å²) >= 11 is 0. The molecule has 404 valence electrons. The van der Waals surface area contributed by atoms with Crippen LogP contribution in [0.25, 0.3) is 0 Å². The van der Waals surface area contributed by atoms with E-state index in [1.807, 2.05) is 34.6 Å². The molecule has 0 saturated heterocycles. The van der Waals surface area contributed by atoms with Crippen molar-refractivity contribution in [1.82, 2.24) is 37.2 Å². The summed E-state index contributed by atoms with van der Waals surface area (Å²) in [5.74, 6) is 0.0481.